The molecule has 0 unspecified atom stereocenters. The summed E-state index contributed by atoms with van der Waals surface area (Å²) in [5, 5.41) is 17.7. The third-order valence-corrected chi connectivity index (χ3v) is 5.72. The molecule has 0 heterocycles. The molecule has 0 bridgehead atoms. The van der Waals surface area contributed by atoms with E-state index in [0.717, 1.165) is 34.1 Å². The first kappa shape index (κ1) is 25.7. The minimum atomic E-state index is -0.848. The number of aromatic carboxylic acids is 2. The molecular weight excluding hydrogens is 475 g/mol. The second-order valence-electron chi connectivity index (χ2n) is 5.30. The average molecular weight is 499 g/mol. The van der Waals surface area contributed by atoms with Crippen LogP contribution < -0.4 is 0 Å². The van der Waals surface area contributed by atoms with Gasteiger partial charge in [0.2, 0.25) is 0 Å². The fraction of sp³-hybridized carbons (Fsp3) is 0.300. The Morgan fingerprint density at radius 2 is 1.07 bits per heavy atom. The summed E-state index contributed by atoms with van der Waals surface area (Å²) in [6, 6.07) is 14.2. The summed E-state index contributed by atoms with van der Waals surface area (Å²) in [5.74, 6) is 0.229. The third-order valence-electron chi connectivity index (χ3n) is 3.16. The Labute approximate surface area is 182 Å². The van der Waals surface area contributed by atoms with Crippen LogP contribution in [0, 0.1) is 0 Å². The molecule has 0 saturated heterocycles. The van der Waals surface area contributed by atoms with Crippen molar-refractivity contribution in [3.05, 3.63) is 59.7 Å². The first-order valence-electron chi connectivity index (χ1n) is 8.41. The summed E-state index contributed by atoms with van der Waals surface area (Å²) >= 11 is 3.19. The Hall–Kier alpha value is -1.26. The van der Waals surface area contributed by atoms with Crippen LogP contribution in [0.4, 0.5) is 0 Å². The third kappa shape index (κ3) is 9.48. The van der Waals surface area contributed by atoms with Gasteiger partial charge in [0, 0.05) is 30.2 Å². The van der Waals surface area contributed by atoms with Gasteiger partial charge in [0.25, 0.3) is 0 Å². The number of hydrogen-bond donors (Lipinski definition) is 2. The van der Waals surface area contributed by atoms with Gasteiger partial charge < -0.3 is 10.2 Å². The molecule has 2 N–H and O–H groups in total. The van der Waals surface area contributed by atoms with Gasteiger partial charge in [0.1, 0.15) is 0 Å². The smallest absolute Gasteiger partial charge is 0.336 e. The molecule has 0 spiro atoms. The molecule has 0 aliphatic heterocycles. The number of hydrogen-bond acceptors (Lipinski definition) is 4. The molecule has 150 valence electrons. The quantitative estimate of drug-likeness (QED) is 0.355. The number of carboxylic acids is 2. The fourth-order valence-corrected chi connectivity index (χ4v) is 3.78. The van der Waals surface area contributed by atoms with Crippen molar-refractivity contribution in [3.63, 3.8) is 0 Å². The van der Waals surface area contributed by atoms with Crippen LogP contribution in [-0.4, -0.2) is 33.7 Å². The molecule has 2 aromatic rings. The normalized spacial score (nSPS) is 9.56. The van der Waals surface area contributed by atoms with E-state index >= 15 is 0 Å². The Balaban J connectivity index is 0.000000483. The largest absolute Gasteiger partial charge is 0.478 e. The van der Waals surface area contributed by atoms with Crippen LogP contribution in [0.25, 0.3) is 0 Å². The molecule has 2 aromatic carbocycles. The van der Waals surface area contributed by atoms with Crippen LogP contribution in [-0.2, 0) is 20.4 Å². The molecule has 0 aliphatic rings. The number of rotatable bonds is 8. The van der Waals surface area contributed by atoms with Gasteiger partial charge in [-0.1, -0.05) is 38.1 Å². The van der Waals surface area contributed by atoms with Crippen LogP contribution in [0.3, 0.4) is 0 Å². The van der Waals surface area contributed by atoms with Crippen molar-refractivity contribution in [2.24, 2.45) is 0 Å². The van der Waals surface area contributed by atoms with Crippen molar-refractivity contribution in [1.29, 1.82) is 0 Å². The van der Waals surface area contributed by atoms with Crippen LogP contribution in [0.15, 0.2) is 58.3 Å². The summed E-state index contributed by atoms with van der Waals surface area (Å²) in [4.78, 5) is 23.3. The number of carboxylic acid groups (broad SMARTS) is 2. The van der Waals surface area contributed by atoms with Gasteiger partial charge in [0.05, 0.1) is 11.1 Å². The van der Waals surface area contributed by atoms with E-state index in [-0.39, 0.29) is 20.4 Å². The SMILES string of the molecule is CCCSc1ccccc1C(=O)O.CCCSc1ccccc1C(=O)O.[Pd]. The van der Waals surface area contributed by atoms with Gasteiger partial charge in [-0.25, -0.2) is 9.59 Å². The maximum Gasteiger partial charge on any atom is 0.336 e. The molecule has 0 saturated carbocycles. The Morgan fingerprint density at radius 3 is 1.37 bits per heavy atom. The van der Waals surface area contributed by atoms with E-state index in [9.17, 15) is 9.59 Å². The fourth-order valence-electron chi connectivity index (χ4n) is 1.96. The summed E-state index contributed by atoms with van der Waals surface area (Å²) in [7, 11) is 0. The summed E-state index contributed by atoms with van der Waals surface area (Å²) < 4.78 is 0. The molecular formula is C20H24O4PdS2. The molecule has 0 atom stereocenters. The van der Waals surface area contributed by atoms with E-state index in [1.54, 1.807) is 47.8 Å². The molecule has 27 heavy (non-hydrogen) atoms. The van der Waals surface area contributed by atoms with Crippen molar-refractivity contribution in [2.45, 2.75) is 36.5 Å². The van der Waals surface area contributed by atoms with E-state index in [1.807, 2.05) is 24.3 Å². The minimum absolute atomic E-state index is 0. The first-order chi connectivity index (χ1) is 12.5. The van der Waals surface area contributed by atoms with Crippen molar-refractivity contribution in [1.82, 2.24) is 0 Å². The topological polar surface area (TPSA) is 74.6 Å². The maximum absolute atomic E-state index is 10.8. The second kappa shape index (κ2) is 14.8. The Kier molecular flexibility index (Phi) is 14.1. The zero-order valence-corrected chi connectivity index (χ0v) is 18.5. The molecule has 4 nitrogen and oxygen atoms in total. The number of carbonyl (C=O) groups is 2. The number of thioether (sulfide) groups is 2. The first-order valence-corrected chi connectivity index (χ1v) is 10.4. The Morgan fingerprint density at radius 1 is 0.741 bits per heavy atom. The van der Waals surface area contributed by atoms with E-state index in [2.05, 4.69) is 13.8 Å². The molecule has 7 heteroatoms. The van der Waals surface area contributed by atoms with Gasteiger partial charge in [-0.05, 0) is 48.6 Å². The van der Waals surface area contributed by atoms with Gasteiger partial charge in [-0.3, -0.25) is 0 Å². The Bertz CT molecular complexity index is 661. The van der Waals surface area contributed by atoms with E-state index in [1.165, 1.54) is 0 Å². The van der Waals surface area contributed by atoms with Gasteiger partial charge in [-0.15, -0.1) is 23.5 Å². The number of benzene rings is 2. The van der Waals surface area contributed by atoms with Crippen LogP contribution in [0.5, 0.6) is 0 Å². The zero-order chi connectivity index (χ0) is 19.4. The minimum Gasteiger partial charge on any atom is -0.478 e. The molecule has 0 aromatic heterocycles. The molecule has 0 fully saturated rings. The monoisotopic (exact) mass is 498 g/mol. The molecule has 2 rings (SSSR count). The molecule has 0 amide bonds. The van der Waals surface area contributed by atoms with Crippen molar-refractivity contribution in [2.75, 3.05) is 11.5 Å². The van der Waals surface area contributed by atoms with Gasteiger partial charge in [0.15, 0.2) is 0 Å². The van der Waals surface area contributed by atoms with E-state index < -0.39 is 11.9 Å². The zero-order valence-electron chi connectivity index (χ0n) is 15.3. The summed E-state index contributed by atoms with van der Waals surface area (Å²) in [6.07, 6.45) is 2.11. The van der Waals surface area contributed by atoms with E-state index in [4.69, 9.17) is 10.2 Å². The predicted octanol–water partition coefficient (Wildman–Crippen LogP) is 5.77. The predicted molar refractivity (Wildman–Crippen MR) is 109 cm³/mol. The van der Waals surface area contributed by atoms with Gasteiger partial charge >= 0.3 is 11.9 Å². The maximum atomic E-state index is 10.8. The van der Waals surface area contributed by atoms with E-state index in [0.29, 0.717) is 11.1 Å². The van der Waals surface area contributed by atoms with Crippen molar-refractivity contribution < 1.29 is 40.2 Å². The van der Waals surface area contributed by atoms with Crippen LogP contribution in [0.1, 0.15) is 47.4 Å². The van der Waals surface area contributed by atoms with Crippen molar-refractivity contribution in [3.8, 4) is 0 Å². The van der Waals surface area contributed by atoms with Crippen LogP contribution in [0.2, 0.25) is 0 Å². The standard InChI is InChI=1S/2C10H12O2S.Pd/c2*1-2-7-13-9-6-4-3-5-8(9)10(11)12;/h2*3-6H,2,7H2,1H3,(H,11,12);. The summed E-state index contributed by atoms with van der Waals surface area (Å²) in [6.45, 7) is 4.16. The average Bonchev–Trinajstić information content (AvgIpc) is 2.65. The van der Waals surface area contributed by atoms with Crippen molar-refractivity contribution >= 4 is 35.5 Å². The second-order valence-corrected chi connectivity index (χ2v) is 7.57. The molecule has 0 radical (unpaired) electrons. The molecule has 0 aliphatic carbocycles. The summed E-state index contributed by atoms with van der Waals surface area (Å²) in [5.41, 5.74) is 0.807. The van der Waals surface area contributed by atoms with Crippen LogP contribution >= 0.6 is 23.5 Å². The van der Waals surface area contributed by atoms with Gasteiger partial charge in [-0.2, -0.15) is 0 Å².